The summed E-state index contributed by atoms with van der Waals surface area (Å²) >= 11 is 0. The number of rotatable bonds is 6. The van der Waals surface area contributed by atoms with Gasteiger partial charge >= 0.3 is 0 Å². The van der Waals surface area contributed by atoms with Gasteiger partial charge in [0.25, 0.3) is 0 Å². The van der Waals surface area contributed by atoms with Crippen LogP contribution in [0.1, 0.15) is 25.7 Å². The molecule has 1 aliphatic carbocycles. The zero-order chi connectivity index (χ0) is 14.3. The molecule has 0 radical (unpaired) electrons. The minimum absolute atomic E-state index is 0.584. The molecule has 2 N–H and O–H groups in total. The van der Waals surface area contributed by atoms with Crippen molar-refractivity contribution in [2.24, 2.45) is 0 Å². The zero-order valence-electron chi connectivity index (χ0n) is 12.6. The van der Waals surface area contributed by atoms with Crippen LogP contribution in [0.15, 0.2) is 12.4 Å². The van der Waals surface area contributed by atoms with Gasteiger partial charge < -0.3 is 15.4 Å². The minimum atomic E-state index is 0.584. The number of nitrogens with zero attached hydrogens (tertiary/aromatic N) is 3. The average molecular weight is 291 g/mol. The lowest BCUT2D eigenvalue weighted by Crippen LogP contribution is -2.39. The molecule has 3 rings (SSSR count). The van der Waals surface area contributed by atoms with Crippen LogP contribution in [0.2, 0.25) is 0 Å². The second-order valence-corrected chi connectivity index (χ2v) is 5.79. The first kappa shape index (κ1) is 14.5. The standard InChI is InChI=1S/C15H25N5O/c1-2-4-13(3-1)19-15-11-14(17-12-18-15)16-5-6-20-7-9-21-10-8-20/h11-13H,1-10H2,(H2,16,17,18,19). The van der Waals surface area contributed by atoms with E-state index in [1.807, 2.05) is 6.07 Å². The molecule has 6 heteroatoms. The van der Waals surface area contributed by atoms with Crippen molar-refractivity contribution in [3.05, 3.63) is 12.4 Å². The maximum Gasteiger partial charge on any atom is 0.131 e. The number of nitrogens with one attached hydrogen (secondary N) is 2. The first-order valence-corrected chi connectivity index (χ1v) is 8.03. The number of hydrogen-bond donors (Lipinski definition) is 2. The summed E-state index contributed by atoms with van der Waals surface area (Å²) in [4.78, 5) is 11.0. The van der Waals surface area contributed by atoms with Crippen LogP contribution in [-0.2, 0) is 4.74 Å². The number of hydrogen-bond acceptors (Lipinski definition) is 6. The van der Waals surface area contributed by atoms with Crippen LogP contribution >= 0.6 is 0 Å². The Balaban J connectivity index is 1.44. The Bertz CT molecular complexity index is 430. The first-order chi connectivity index (χ1) is 10.4. The molecule has 0 bridgehead atoms. The van der Waals surface area contributed by atoms with Crippen LogP contribution in [0, 0.1) is 0 Å². The zero-order valence-corrected chi connectivity index (χ0v) is 12.6. The van der Waals surface area contributed by atoms with Crippen molar-refractivity contribution < 1.29 is 4.74 Å². The molecule has 0 amide bonds. The van der Waals surface area contributed by atoms with Crippen LogP contribution in [-0.4, -0.2) is 60.3 Å². The predicted octanol–water partition coefficient (Wildman–Crippen LogP) is 1.58. The van der Waals surface area contributed by atoms with E-state index >= 15 is 0 Å². The molecule has 6 nitrogen and oxygen atoms in total. The lowest BCUT2D eigenvalue weighted by Gasteiger charge is -2.26. The summed E-state index contributed by atoms with van der Waals surface area (Å²) in [6.07, 6.45) is 6.79. The van der Waals surface area contributed by atoms with E-state index in [0.717, 1.165) is 51.0 Å². The summed E-state index contributed by atoms with van der Waals surface area (Å²) in [5, 5.41) is 6.89. The molecular weight excluding hydrogens is 266 g/mol. The molecular formula is C15H25N5O. The van der Waals surface area contributed by atoms with Gasteiger partial charge in [-0.2, -0.15) is 0 Å². The molecule has 2 heterocycles. The van der Waals surface area contributed by atoms with Gasteiger partial charge in [0.05, 0.1) is 13.2 Å². The molecule has 1 saturated heterocycles. The van der Waals surface area contributed by atoms with Gasteiger partial charge in [0.1, 0.15) is 18.0 Å². The lowest BCUT2D eigenvalue weighted by atomic mass is 10.2. The second-order valence-electron chi connectivity index (χ2n) is 5.79. The fraction of sp³-hybridized carbons (Fsp3) is 0.733. The molecule has 2 fully saturated rings. The van der Waals surface area contributed by atoms with Crippen molar-refractivity contribution >= 4 is 11.6 Å². The van der Waals surface area contributed by atoms with Gasteiger partial charge in [-0.3, -0.25) is 4.90 Å². The van der Waals surface area contributed by atoms with Crippen molar-refractivity contribution in [2.75, 3.05) is 50.0 Å². The van der Waals surface area contributed by atoms with Gasteiger partial charge in [0.15, 0.2) is 0 Å². The van der Waals surface area contributed by atoms with Crippen LogP contribution in [0.25, 0.3) is 0 Å². The Kier molecular flexibility index (Phi) is 5.23. The van der Waals surface area contributed by atoms with Crippen molar-refractivity contribution in [2.45, 2.75) is 31.7 Å². The van der Waals surface area contributed by atoms with Crippen LogP contribution in [0.3, 0.4) is 0 Å². The van der Waals surface area contributed by atoms with Gasteiger partial charge in [0.2, 0.25) is 0 Å². The highest BCUT2D eigenvalue weighted by Crippen LogP contribution is 2.21. The Morgan fingerprint density at radius 1 is 1.14 bits per heavy atom. The van der Waals surface area contributed by atoms with E-state index in [4.69, 9.17) is 4.74 Å². The van der Waals surface area contributed by atoms with Crippen LogP contribution < -0.4 is 10.6 Å². The van der Waals surface area contributed by atoms with E-state index in [1.54, 1.807) is 6.33 Å². The fourth-order valence-electron chi connectivity index (χ4n) is 2.98. The summed E-state index contributed by atoms with van der Waals surface area (Å²) < 4.78 is 5.35. The maximum atomic E-state index is 5.35. The molecule has 1 saturated carbocycles. The molecule has 21 heavy (non-hydrogen) atoms. The summed E-state index contributed by atoms with van der Waals surface area (Å²) in [6, 6.07) is 2.60. The average Bonchev–Trinajstić information content (AvgIpc) is 3.02. The van der Waals surface area contributed by atoms with E-state index in [0.29, 0.717) is 6.04 Å². The molecule has 0 aromatic carbocycles. The number of morpholine rings is 1. The van der Waals surface area contributed by atoms with Crippen molar-refractivity contribution in [3.63, 3.8) is 0 Å². The van der Waals surface area contributed by atoms with Gasteiger partial charge in [-0.25, -0.2) is 9.97 Å². The summed E-state index contributed by atoms with van der Waals surface area (Å²) in [6.45, 7) is 5.68. The van der Waals surface area contributed by atoms with E-state index in [1.165, 1.54) is 25.7 Å². The lowest BCUT2D eigenvalue weighted by molar-refractivity contribution is 0.0398. The highest BCUT2D eigenvalue weighted by atomic mass is 16.5. The van der Waals surface area contributed by atoms with Gasteiger partial charge in [-0.05, 0) is 12.8 Å². The predicted molar refractivity (Wildman–Crippen MR) is 83.7 cm³/mol. The molecule has 2 aliphatic rings. The molecule has 1 aromatic heterocycles. The van der Waals surface area contributed by atoms with E-state index in [-0.39, 0.29) is 0 Å². The Morgan fingerprint density at radius 3 is 2.71 bits per heavy atom. The summed E-state index contributed by atoms with van der Waals surface area (Å²) in [5.41, 5.74) is 0. The monoisotopic (exact) mass is 291 g/mol. The number of anilines is 2. The molecule has 116 valence electrons. The molecule has 0 atom stereocenters. The third-order valence-electron chi connectivity index (χ3n) is 4.21. The van der Waals surface area contributed by atoms with Crippen molar-refractivity contribution in [3.8, 4) is 0 Å². The van der Waals surface area contributed by atoms with Gasteiger partial charge in [-0.15, -0.1) is 0 Å². The van der Waals surface area contributed by atoms with Crippen LogP contribution in [0.4, 0.5) is 11.6 Å². The number of ether oxygens (including phenoxy) is 1. The highest BCUT2D eigenvalue weighted by molar-refractivity contribution is 5.47. The van der Waals surface area contributed by atoms with Crippen LogP contribution in [0.5, 0.6) is 0 Å². The Morgan fingerprint density at radius 2 is 1.90 bits per heavy atom. The summed E-state index contributed by atoms with van der Waals surface area (Å²) in [7, 11) is 0. The van der Waals surface area contributed by atoms with E-state index in [9.17, 15) is 0 Å². The summed E-state index contributed by atoms with van der Waals surface area (Å²) in [5.74, 6) is 1.84. The largest absolute Gasteiger partial charge is 0.379 e. The quantitative estimate of drug-likeness (QED) is 0.829. The molecule has 0 unspecified atom stereocenters. The molecule has 1 aromatic rings. The number of aromatic nitrogens is 2. The van der Waals surface area contributed by atoms with E-state index in [2.05, 4.69) is 25.5 Å². The minimum Gasteiger partial charge on any atom is -0.379 e. The van der Waals surface area contributed by atoms with Gasteiger partial charge in [-0.1, -0.05) is 12.8 Å². The molecule has 1 aliphatic heterocycles. The van der Waals surface area contributed by atoms with Crippen molar-refractivity contribution in [1.82, 2.24) is 14.9 Å². The Hall–Kier alpha value is -1.40. The van der Waals surface area contributed by atoms with Crippen molar-refractivity contribution in [1.29, 1.82) is 0 Å². The SMILES string of the molecule is c1nc(NCCN2CCOCC2)cc(NC2CCCC2)n1. The smallest absolute Gasteiger partial charge is 0.131 e. The topological polar surface area (TPSA) is 62.3 Å². The van der Waals surface area contributed by atoms with E-state index < -0.39 is 0 Å². The third-order valence-corrected chi connectivity index (χ3v) is 4.21. The van der Waals surface area contributed by atoms with Gasteiger partial charge in [0, 0.05) is 38.3 Å². The normalized spacial score (nSPS) is 20.6. The second kappa shape index (κ2) is 7.56. The first-order valence-electron chi connectivity index (χ1n) is 8.03. The Labute approximate surface area is 126 Å². The molecule has 0 spiro atoms. The maximum absolute atomic E-state index is 5.35. The highest BCUT2D eigenvalue weighted by Gasteiger charge is 2.15. The fourth-order valence-corrected chi connectivity index (χ4v) is 2.98. The third kappa shape index (κ3) is 4.54.